The summed E-state index contributed by atoms with van der Waals surface area (Å²) in [6.45, 7) is 3.96. The van der Waals surface area contributed by atoms with E-state index in [0.717, 1.165) is 9.86 Å². The van der Waals surface area contributed by atoms with Gasteiger partial charge in [0.2, 0.25) is 0 Å². The Morgan fingerprint density at radius 2 is 2.14 bits per heavy atom. The quantitative estimate of drug-likeness (QED) is 0.727. The predicted molar refractivity (Wildman–Crippen MR) is 85.6 cm³/mol. The van der Waals surface area contributed by atoms with Crippen molar-refractivity contribution in [3.8, 4) is 0 Å². The number of aliphatic hydroxyl groups excluding tert-OH is 1. The molecule has 3 rings (SSSR count). The van der Waals surface area contributed by atoms with Gasteiger partial charge in [-0.25, -0.2) is 0 Å². The van der Waals surface area contributed by atoms with E-state index in [9.17, 15) is 5.11 Å². The maximum atomic E-state index is 10.6. The summed E-state index contributed by atoms with van der Waals surface area (Å²) in [5.74, 6) is 0.446. The Hall–Kier alpha value is -1.30. The van der Waals surface area contributed by atoms with Gasteiger partial charge in [0.05, 0.1) is 21.4 Å². The average molecular weight is 370 g/mol. The number of nitrogens with zero attached hydrogens (tertiary/aromatic N) is 2. The van der Waals surface area contributed by atoms with Crippen molar-refractivity contribution in [2.75, 3.05) is 0 Å². The van der Waals surface area contributed by atoms with Gasteiger partial charge in [-0.1, -0.05) is 23.7 Å². The predicted octanol–water partition coefficient (Wildman–Crippen LogP) is 4.71. The van der Waals surface area contributed by atoms with Crippen LogP contribution in [0.1, 0.15) is 37.4 Å². The highest BCUT2D eigenvalue weighted by Gasteiger charge is 2.24. The van der Waals surface area contributed by atoms with E-state index in [1.54, 1.807) is 10.9 Å². The normalized spacial score (nSPS) is 13.2. The van der Waals surface area contributed by atoms with E-state index in [1.807, 2.05) is 38.1 Å². The number of para-hydroxylation sites is 1. The van der Waals surface area contributed by atoms with E-state index >= 15 is 0 Å². The summed E-state index contributed by atoms with van der Waals surface area (Å²) in [4.78, 5) is 0. The molecule has 0 radical (unpaired) electrons. The van der Waals surface area contributed by atoms with Crippen molar-refractivity contribution >= 4 is 38.5 Å². The van der Waals surface area contributed by atoms with Crippen molar-refractivity contribution < 1.29 is 9.52 Å². The maximum Gasteiger partial charge on any atom is 0.155 e. The summed E-state index contributed by atoms with van der Waals surface area (Å²) in [6, 6.07) is 7.66. The third-order valence-electron chi connectivity index (χ3n) is 3.32. The Labute approximate surface area is 135 Å². The van der Waals surface area contributed by atoms with Crippen molar-refractivity contribution in [3.05, 3.63) is 51.4 Å². The summed E-state index contributed by atoms with van der Waals surface area (Å²) >= 11 is 9.61. The van der Waals surface area contributed by atoms with Crippen LogP contribution >= 0.6 is 27.5 Å². The number of halogens is 2. The lowest BCUT2D eigenvalue weighted by atomic mass is 10.1. The smallest absolute Gasteiger partial charge is 0.155 e. The van der Waals surface area contributed by atoms with Gasteiger partial charge in [-0.05, 0) is 41.9 Å². The Kier molecular flexibility index (Phi) is 3.82. The van der Waals surface area contributed by atoms with Crippen LogP contribution in [0.5, 0.6) is 0 Å². The lowest BCUT2D eigenvalue weighted by Crippen LogP contribution is -2.12. The van der Waals surface area contributed by atoms with Crippen LogP contribution in [0.2, 0.25) is 5.02 Å². The highest BCUT2D eigenvalue weighted by atomic mass is 79.9. The zero-order valence-electron chi connectivity index (χ0n) is 11.5. The molecule has 1 unspecified atom stereocenters. The van der Waals surface area contributed by atoms with Crippen LogP contribution in [-0.2, 0) is 0 Å². The van der Waals surface area contributed by atoms with Crippen LogP contribution in [0.3, 0.4) is 0 Å². The fourth-order valence-corrected chi connectivity index (χ4v) is 3.03. The van der Waals surface area contributed by atoms with Crippen molar-refractivity contribution in [2.24, 2.45) is 0 Å². The SMILES string of the molecule is CC(C)n1ncc(Cl)c1C(O)c1cc2cccc(Br)c2o1. The van der Waals surface area contributed by atoms with Gasteiger partial charge >= 0.3 is 0 Å². The molecule has 3 aromatic rings. The van der Waals surface area contributed by atoms with Crippen molar-refractivity contribution in [1.82, 2.24) is 9.78 Å². The molecule has 0 aliphatic heterocycles. The number of hydrogen-bond donors (Lipinski definition) is 1. The molecule has 0 amide bonds. The Morgan fingerprint density at radius 1 is 1.38 bits per heavy atom. The first kappa shape index (κ1) is 14.6. The maximum absolute atomic E-state index is 10.6. The summed E-state index contributed by atoms with van der Waals surface area (Å²) in [7, 11) is 0. The largest absolute Gasteiger partial charge is 0.457 e. The van der Waals surface area contributed by atoms with E-state index in [0.29, 0.717) is 22.1 Å². The van der Waals surface area contributed by atoms with Crippen LogP contribution in [-0.4, -0.2) is 14.9 Å². The Balaban J connectivity index is 2.10. The van der Waals surface area contributed by atoms with E-state index in [2.05, 4.69) is 21.0 Å². The molecule has 2 heterocycles. The molecule has 21 heavy (non-hydrogen) atoms. The minimum atomic E-state index is -0.957. The standard InChI is InChI=1S/C15H14BrClN2O2/c1-8(2)19-13(11(17)7-18-19)14(20)12-6-9-4-3-5-10(16)15(9)21-12/h3-8,14,20H,1-2H3. The molecular weight excluding hydrogens is 356 g/mol. The molecule has 0 spiro atoms. The molecule has 1 N–H and O–H groups in total. The third kappa shape index (κ3) is 2.50. The monoisotopic (exact) mass is 368 g/mol. The second-order valence-corrected chi connectivity index (χ2v) is 6.39. The zero-order valence-corrected chi connectivity index (χ0v) is 13.9. The van der Waals surface area contributed by atoms with Gasteiger partial charge in [0.1, 0.15) is 11.3 Å². The number of fused-ring (bicyclic) bond motifs is 1. The number of hydrogen-bond acceptors (Lipinski definition) is 3. The van der Waals surface area contributed by atoms with E-state index in [1.165, 1.54) is 0 Å². The lowest BCUT2D eigenvalue weighted by Gasteiger charge is -2.14. The summed E-state index contributed by atoms with van der Waals surface area (Å²) in [5.41, 5.74) is 1.25. The molecule has 4 nitrogen and oxygen atoms in total. The first-order chi connectivity index (χ1) is 9.99. The topological polar surface area (TPSA) is 51.2 Å². The van der Waals surface area contributed by atoms with Crippen molar-refractivity contribution in [3.63, 3.8) is 0 Å². The molecule has 0 saturated carbocycles. The molecule has 1 aromatic carbocycles. The first-order valence-electron chi connectivity index (χ1n) is 6.58. The molecule has 0 fully saturated rings. The van der Waals surface area contributed by atoms with Crippen LogP contribution in [0.25, 0.3) is 11.0 Å². The van der Waals surface area contributed by atoms with Crippen LogP contribution in [0.15, 0.2) is 39.4 Å². The number of benzene rings is 1. The molecular formula is C15H14BrClN2O2. The second-order valence-electron chi connectivity index (χ2n) is 5.13. The third-order valence-corrected chi connectivity index (χ3v) is 4.24. The summed E-state index contributed by atoms with van der Waals surface area (Å²) in [5, 5.41) is 16.2. The molecule has 0 aliphatic carbocycles. The highest BCUT2D eigenvalue weighted by molar-refractivity contribution is 9.10. The molecule has 110 valence electrons. The number of furan rings is 1. The molecule has 0 aliphatic rings. The van der Waals surface area contributed by atoms with E-state index in [-0.39, 0.29) is 6.04 Å². The van der Waals surface area contributed by atoms with Gasteiger partial charge in [0, 0.05) is 11.4 Å². The van der Waals surface area contributed by atoms with Crippen LogP contribution in [0, 0.1) is 0 Å². The van der Waals surface area contributed by atoms with Crippen LogP contribution < -0.4 is 0 Å². The Bertz CT molecular complexity index is 794. The van der Waals surface area contributed by atoms with Gasteiger partial charge in [0.25, 0.3) is 0 Å². The average Bonchev–Trinajstić information content (AvgIpc) is 3.02. The van der Waals surface area contributed by atoms with Gasteiger partial charge < -0.3 is 9.52 Å². The lowest BCUT2D eigenvalue weighted by molar-refractivity contribution is 0.179. The molecule has 2 aromatic heterocycles. The molecule has 0 bridgehead atoms. The zero-order chi connectivity index (χ0) is 15.1. The highest BCUT2D eigenvalue weighted by Crippen LogP contribution is 2.35. The summed E-state index contributed by atoms with van der Waals surface area (Å²) in [6.07, 6.45) is 0.584. The fraction of sp³-hybridized carbons (Fsp3) is 0.267. The van der Waals surface area contributed by atoms with E-state index in [4.69, 9.17) is 16.0 Å². The number of aromatic nitrogens is 2. The molecule has 1 atom stereocenters. The summed E-state index contributed by atoms with van der Waals surface area (Å²) < 4.78 is 8.33. The van der Waals surface area contributed by atoms with E-state index < -0.39 is 6.10 Å². The van der Waals surface area contributed by atoms with Gasteiger partial charge in [0.15, 0.2) is 6.10 Å². The molecule has 0 saturated heterocycles. The Morgan fingerprint density at radius 3 is 2.81 bits per heavy atom. The second kappa shape index (κ2) is 5.48. The minimum Gasteiger partial charge on any atom is -0.457 e. The van der Waals surface area contributed by atoms with Crippen molar-refractivity contribution in [2.45, 2.75) is 26.0 Å². The van der Waals surface area contributed by atoms with Gasteiger partial charge in [-0.15, -0.1) is 0 Å². The van der Waals surface area contributed by atoms with Crippen LogP contribution in [0.4, 0.5) is 0 Å². The number of rotatable bonds is 3. The molecule has 6 heteroatoms. The van der Waals surface area contributed by atoms with Gasteiger partial charge in [-0.3, -0.25) is 4.68 Å². The number of aliphatic hydroxyl groups is 1. The fourth-order valence-electron chi connectivity index (χ4n) is 2.33. The minimum absolute atomic E-state index is 0.0956. The van der Waals surface area contributed by atoms with Gasteiger partial charge in [-0.2, -0.15) is 5.10 Å². The first-order valence-corrected chi connectivity index (χ1v) is 7.75. The van der Waals surface area contributed by atoms with Crippen molar-refractivity contribution in [1.29, 1.82) is 0 Å².